The number of rotatable bonds is 2. The van der Waals surface area contributed by atoms with Gasteiger partial charge in [0.05, 0.1) is 5.92 Å². The van der Waals surface area contributed by atoms with E-state index >= 15 is 0 Å². The number of aliphatic carboxylic acids is 1. The minimum Gasteiger partial charge on any atom is -0.481 e. The van der Waals surface area contributed by atoms with Crippen LogP contribution in [0.5, 0.6) is 0 Å². The van der Waals surface area contributed by atoms with Crippen molar-refractivity contribution in [2.75, 3.05) is 13.1 Å². The Labute approximate surface area is 66.8 Å². The van der Waals surface area contributed by atoms with Gasteiger partial charge < -0.3 is 10.4 Å². The number of hydrogen-bond acceptors (Lipinski definition) is 2. The molecule has 0 spiro atoms. The first-order valence-corrected chi connectivity index (χ1v) is 4.19. The Morgan fingerprint density at radius 2 is 2.45 bits per heavy atom. The van der Waals surface area contributed by atoms with Gasteiger partial charge in [-0.2, -0.15) is 0 Å². The van der Waals surface area contributed by atoms with Crippen LogP contribution in [0.15, 0.2) is 0 Å². The van der Waals surface area contributed by atoms with Crippen molar-refractivity contribution in [1.82, 2.24) is 5.32 Å². The molecule has 3 heteroatoms. The fourth-order valence-corrected chi connectivity index (χ4v) is 1.68. The number of hydrogen-bond donors (Lipinski definition) is 2. The maximum atomic E-state index is 10.7. The highest BCUT2D eigenvalue weighted by Crippen LogP contribution is 2.21. The van der Waals surface area contributed by atoms with Crippen molar-refractivity contribution in [3.05, 3.63) is 0 Å². The first kappa shape index (κ1) is 8.53. The maximum absolute atomic E-state index is 10.7. The van der Waals surface area contributed by atoms with Crippen LogP contribution in [0.3, 0.4) is 0 Å². The minimum absolute atomic E-state index is 0.110. The van der Waals surface area contributed by atoms with Crippen molar-refractivity contribution in [1.29, 1.82) is 0 Å². The van der Waals surface area contributed by atoms with Crippen LogP contribution in [0.4, 0.5) is 0 Å². The van der Waals surface area contributed by atoms with E-state index in [0.717, 1.165) is 25.9 Å². The van der Waals surface area contributed by atoms with Crippen molar-refractivity contribution >= 4 is 5.97 Å². The molecule has 0 aliphatic carbocycles. The molecule has 2 atom stereocenters. The molecule has 1 rings (SSSR count). The third kappa shape index (κ3) is 1.93. The summed E-state index contributed by atoms with van der Waals surface area (Å²) in [5.41, 5.74) is 0. The molecule has 1 saturated heterocycles. The molecule has 0 saturated carbocycles. The maximum Gasteiger partial charge on any atom is 0.306 e. The lowest BCUT2D eigenvalue weighted by molar-refractivity contribution is -0.144. The molecule has 0 bridgehead atoms. The van der Waals surface area contributed by atoms with Crippen molar-refractivity contribution in [3.8, 4) is 0 Å². The normalized spacial score (nSPS) is 31.7. The summed E-state index contributed by atoms with van der Waals surface area (Å²) in [5.74, 6) is -0.402. The fourth-order valence-electron chi connectivity index (χ4n) is 1.68. The highest BCUT2D eigenvalue weighted by Gasteiger charge is 2.28. The fraction of sp³-hybridized carbons (Fsp3) is 0.875. The lowest BCUT2D eigenvalue weighted by atomic mass is 9.85. The van der Waals surface area contributed by atoms with Gasteiger partial charge in [0.25, 0.3) is 0 Å². The molecule has 1 unspecified atom stereocenters. The second kappa shape index (κ2) is 3.72. The quantitative estimate of drug-likeness (QED) is 0.620. The topological polar surface area (TPSA) is 49.3 Å². The van der Waals surface area contributed by atoms with Gasteiger partial charge in [0.15, 0.2) is 0 Å². The van der Waals surface area contributed by atoms with Crippen LogP contribution in [0.1, 0.15) is 19.8 Å². The van der Waals surface area contributed by atoms with Gasteiger partial charge in [-0.25, -0.2) is 0 Å². The first-order valence-electron chi connectivity index (χ1n) is 4.19. The van der Waals surface area contributed by atoms with E-state index in [2.05, 4.69) is 5.32 Å². The molecular weight excluding hydrogens is 142 g/mol. The summed E-state index contributed by atoms with van der Waals surface area (Å²) in [7, 11) is 0. The van der Waals surface area contributed by atoms with Crippen LogP contribution in [-0.4, -0.2) is 24.2 Å². The van der Waals surface area contributed by atoms with E-state index in [4.69, 9.17) is 5.11 Å². The van der Waals surface area contributed by atoms with Crippen molar-refractivity contribution in [2.24, 2.45) is 11.8 Å². The molecule has 0 aromatic carbocycles. The highest BCUT2D eigenvalue weighted by molar-refractivity contribution is 5.70. The molecule has 1 heterocycles. The van der Waals surface area contributed by atoms with Gasteiger partial charge >= 0.3 is 5.97 Å². The van der Waals surface area contributed by atoms with Crippen LogP contribution < -0.4 is 5.32 Å². The summed E-state index contributed by atoms with van der Waals surface area (Å²) in [4.78, 5) is 10.7. The molecule has 0 amide bonds. The zero-order chi connectivity index (χ0) is 8.27. The summed E-state index contributed by atoms with van der Waals surface area (Å²) in [5, 5.41) is 12.0. The molecule has 1 fully saturated rings. The zero-order valence-corrected chi connectivity index (χ0v) is 6.84. The molecule has 2 N–H and O–H groups in total. The van der Waals surface area contributed by atoms with Gasteiger partial charge in [-0.3, -0.25) is 4.79 Å². The van der Waals surface area contributed by atoms with Gasteiger partial charge in [-0.1, -0.05) is 13.3 Å². The van der Waals surface area contributed by atoms with Crippen LogP contribution >= 0.6 is 0 Å². The van der Waals surface area contributed by atoms with E-state index in [9.17, 15) is 4.79 Å². The van der Waals surface area contributed by atoms with Crippen LogP contribution in [-0.2, 0) is 4.79 Å². The standard InChI is InChI=1S/C8H15NO2/c1-2-6-5-9-4-3-7(6)8(10)11/h6-7,9H,2-5H2,1H3,(H,10,11)/t6-,7?/m1/s1. The molecule has 0 aromatic rings. The van der Waals surface area contributed by atoms with Crippen LogP contribution in [0, 0.1) is 11.8 Å². The second-order valence-electron chi connectivity index (χ2n) is 3.11. The van der Waals surface area contributed by atoms with Gasteiger partial charge in [0.2, 0.25) is 0 Å². The van der Waals surface area contributed by atoms with Gasteiger partial charge in [0.1, 0.15) is 0 Å². The van der Waals surface area contributed by atoms with Crippen LogP contribution in [0.2, 0.25) is 0 Å². The predicted octanol–water partition coefficient (Wildman–Crippen LogP) is 0.707. The minimum atomic E-state index is -0.627. The third-order valence-electron chi connectivity index (χ3n) is 2.45. The smallest absolute Gasteiger partial charge is 0.306 e. The largest absolute Gasteiger partial charge is 0.481 e. The van der Waals surface area contributed by atoms with Gasteiger partial charge in [0, 0.05) is 0 Å². The Hall–Kier alpha value is -0.570. The van der Waals surface area contributed by atoms with Crippen molar-refractivity contribution < 1.29 is 9.90 Å². The Bertz CT molecular complexity index is 147. The number of carboxylic acid groups (broad SMARTS) is 1. The zero-order valence-electron chi connectivity index (χ0n) is 6.84. The Kier molecular flexibility index (Phi) is 2.88. The molecule has 1 aliphatic heterocycles. The Morgan fingerprint density at radius 3 is 2.91 bits per heavy atom. The van der Waals surface area contributed by atoms with E-state index in [-0.39, 0.29) is 5.92 Å². The molecular formula is C8H15NO2. The van der Waals surface area contributed by atoms with Crippen LogP contribution in [0.25, 0.3) is 0 Å². The van der Waals surface area contributed by atoms with Crippen molar-refractivity contribution in [2.45, 2.75) is 19.8 Å². The number of nitrogens with one attached hydrogen (secondary N) is 1. The predicted molar refractivity (Wildman–Crippen MR) is 42.4 cm³/mol. The molecule has 0 aromatic heterocycles. The molecule has 11 heavy (non-hydrogen) atoms. The molecule has 0 radical (unpaired) electrons. The summed E-state index contributed by atoms with van der Waals surface area (Å²) < 4.78 is 0. The average Bonchev–Trinajstić information content (AvgIpc) is 2.04. The SMILES string of the molecule is CC[C@@H]1CNCCC1C(=O)O. The van der Waals surface area contributed by atoms with Crippen molar-refractivity contribution in [3.63, 3.8) is 0 Å². The molecule has 3 nitrogen and oxygen atoms in total. The summed E-state index contributed by atoms with van der Waals surface area (Å²) >= 11 is 0. The lowest BCUT2D eigenvalue weighted by Crippen LogP contribution is -2.39. The molecule has 1 aliphatic rings. The number of piperidine rings is 1. The lowest BCUT2D eigenvalue weighted by Gasteiger charge is -2.28. The van der Waals surface area contributed by atoms with E-state index in [1.807, 2.05) is 6.92 Å². The number of carboxylic acids is 1. The van der Waals surface area contributed by atoms with Gasteiger partial charge in [-0.15, -0.1) is 0 Å². The monoisotopic (exact) mass is 157 g/mol. The summed E-state index contributed by atoms with van der Waals surface area (Å²) in [6.45, 7) is 3.77. The van der Waals surface area contributed by atoms with E-state index in [1.165, 1.54) is 0 Å². The van der Waals surface area contributed by atoms with E-state index < -0.39 is 5.97 Å². The first-order chi connectivity index (χ1) is 5.25. The van der Waals surface area contributed by atoms with Gasteiger partial charge in [-0.05, 0) is 25.4 Å². The van der Waals surface area contributed by atoms with E-state index in [0.29, 0.717) is 5.92 Å². The third-order valence-corrected chi connectivity index (χ3v) is 2.45. The summed E-state index contributed by atoms with van der Waals surface area (Å²) in [6.07, 6.45) is 1.75. The highest BCUT2D eigenvalue weighted by atomic mass is 16.4. The summed E-state index contributed by atoms with van der Waals surface area (Å²) in [6, 6.07) is 0. The average molecular weight is 157 g/mol. The van der Waals surface area contributed by atoms with E-state index in [1.54, 1.807) is 0 Å². The Balaban J connectivity index is 2.51. The second-order valence-corrected chi connectivity index (χ2v) is 3.11. The Morgan fingerprint density at radius 1 is 1.73 bits per heavy atom. The molecule has 64 valence electrons. The number of carbonyl (C=O) groups is 1.